The van der Waals surface area contributed by atoms with E-state index in [2.05, 4.69) is 20.3 Å². The number of anilines is 1. The minimum Gasteiger partial charge on any atom is -0.346 e. The van der Waals surface area contributed by atoms with Crippen LogP contribution in [-0.4, -0.2) is 35.9 Å². The molecule has 114 valence electrons. The normalized spacial score (nSPS) is 15.3. The second-order valence-corrected chi connectivity index (χ2v) is 4.94. The van der Waals surface area contributed by atoms with E-state index in [9.17, 15) is 13.2 Å². The molecule has 0 amide bonds. The molecule has 1 aliphatic heterocycles. The minimum atomic E-state index is -4.59. The van der Waals surface area contributed by atoms with Crippen molar-refractivity contribution in [3.8, 4) is 0 Å². The highest BCUT2D eigenvalue weighted by molar-refractivity contribution is 5.46. The maximum Gasteiger partial charge on any atom is 0.453 e. The fourth-order valence-electron chi connectivity index (χ4n) is 2.49. The molecule has 0 N–H and O–H groups in total. The molecule has 0 radical (unpaired) electrons. The van der Waals surface area contributed by atoms with Gasteiger partial charge in [-0.25, -0.2) is 4.98 Å². The first-order chi connectivity index (χ1) is 10.5. The van der Waals surface area contributed by atoms with Crippen LogP contribution in [0, 0.1) is 0 Å². The van der Waals surface area contributed by atoms with Gasteiger partial charge in [-0.3, -0.25) is 0 Å². The molecular formula is C12H10F3N7. The van der Waals surface area contributed by atoms with Crippen molar-refractivity contribution in [2.75, 3.05) is 11.4 Å². The zero-order valence-electron chi connectivity index (χ0n) is 11.2. The van der Waals surface area contributed by atoms with Crippen molar-refractivity contribution >= 4 is 11.5 Å². The molecule has 1 aliphatic rings. The van der Waals surface area contributed by atoms with Crippen LogP contribution in [0.15, 0.2) is 24.5 Å². The van der Waals surface area contributed by atoms with Crippen molar-refractivity contribution in [2.45, 2.75) is 19.3 Å². The fourth-order valence-corrected chi connectivity index (χ4v) is 2.49. The Balaban J connectivity index is 1.74. The summed E-state index contributed by atoms with van der Waals surface area (Å²) < 4.78 is 41.4. The fraction of sp³-hybridized carbons (Fsp3) is 0.333. The van der Waals surface area contributed by atoms with Crippen LogP contribution in [0.1, 0.15) is 11.6 Å². The Bertz CT molecular complexity index is 835. The van der Waals surface area contributed by atoms with Crippen LogP contribution in [0.5, 0.6) is 0 Å². The quantitative estimate of drug-likeness (QED) is 0.679. The number of halogens is 3. The first-order valence-electron chi connectivity index (χ1n) is 6.57. The number of nitrogens with zero attached hydrogens (tertiary/aromatic N) is 7. The van der Waals surface area contributed by atoms with Crippen LogP contribution in [0.2, 0.25) is 0 Å². The van der Waals surface area contributed by atoms with Crippen LogP contribution in [0.4, 0.5) is 19.0 Å². The molecular weight excluding hydrogens is 299 g/mol. The van der Waals surface area contributed by atoms with E-state index in [0.717, 1.165) is 10.3 Å². The summed E-state index contributed by atoms with van der Waals surface area (Å²) in [6.07, 6.45) is -1.01. The van der Waals surface area contributed by atoms with Gasteiger partial charge in [-0.1, -0.05) is 0 Å². The van der Waals surface area contributed by atoms with Gasteiger partial charge in [0.1, 0.15) is 11.6 Å². The second-order valence-electron chi connectivity index (χ2n) is 4.94. The molecule has 3 aromatic heterocycles. The molecule has 10 heteroatoms. The van der Waals surface area contributed by atoms with Crippen molar-refractivity contribution in [3.05, 3.63) is 36.2 Å². The monoisotopic (exact) mass is 309 g/mol. The molecule has 3 aromatic rings. The van der Waals surface area contributed by atoms with Gasteiger partial charge in [0.2, 0.25) is 0 Å². The number of imidazole rings is 1. The Morgan fingerprint density at radius 3 is 2.77 bits per heavy atom. The molecule has 0 spiro atoms. The topological polar surface area (TPSA) is 64.1 Å². The summed E-state index contributed by atoms with van der Waals surface area (Å²) in [6, 6.07) is 3.12. The maximum absolute atomic E-state index is 12.9. The van der Waals surface area contributed by atoms with Gasteiger partial charge >= 0.3 is 6.18 Å². The third-order valence-corrected chi connectivity index (χ3v) is 3.57. The zero-order valence-corrected chi connectivity index (χ0v) is 11.2. The highest BCUT2D eigenvalue weighted by Crippen LogP contribution is 2.28. The average Bonchev–Trinajstić information content (AvgIpc) is 3.11. The Labute approximate surface area is 122 Å². The van der Waals surface area contributed by atoms with Gasteiger partial charge in [-0.2, -0.15) is 17.7 Å². The molecule has 0 aromatic carbocycles. The molecule has 0 atom stereocenters. The highest BCUT2D eigenvalue weighted by atomic mass is 19.4. The second kappa shape index (κ2) is 4.42. The lowest BCUT2D eigenvalue weighted by atomic mass is 10.3. The largest absolute Gasteiger partial charge is 0.453 e. The molecule has 22 heavy (non-hydrogen) atoms. The van der Waals surface area contributed by atoms with Crippen LogP contribution in [0.25, 0.3) is 5.65 Å². The summed E-state index contributed by atoms with van der Waals surface area (Å²) in [7, 11) is 0. The lowest BCUT2D eigenvalue weighted by Gasteiger charge is -2.28. The predicted octanol–water partition coefficient (Wildman–Crippen LogP) is 1.36. The molecule has 0 saturated heterocycles. The molecule has 0 fully saturated rings. The Kier molecular flexibility index (Phi) is 2.62. The van der Waals surface area contributed by atoms with Crippen molar-refractivity contribution in [2.24, 2.45) is 0 Å². The summed E-state index contributed by atoms with van der Waals surface area (Å²) in [5.41, 5.74) is 0.0644. The summed E-state index contributed by atoms with van der Waals surface area (Å²) in [6.45, 7) is 1.85. The summed E-state index contributed by atoms with van der Waals surface area (Å²) >= 11 is 0. The molecule has 0 aliphatic carbocycles. The van der Waals surface area contributed by atoms with Crippen molar-refractivity contribution < 1.29 is 13.2 Å². The Morgan fingerprint density at radius 2 is 1.95 bits per heavy atom. The van der Waals surface area contributed by atoms with Gasteiger partial charge < -0.3 is 9.47 Å². The van der Waals surface area contributed by atoms with Gasteiger partial charge in [0.25, 0.3) is 5.82 Å². The van der Waals surface area contributed by atoms with E-state index in [-0.39, 0.29) is 5.65 Å². The summed E-state index contributed by atoms with van der Waals surface area (Å²) in [5.74, 6) is 0.169. The molecule has 4 rings (SSSR count). The molecule has 7 nitrogen and oxygen atoms in total. The van der Waals surface area contributed by atoms with Crippen LogP contribution < -0.4 is 4.90 Å². The molecule has 4 heterocycles. The summed E-state index contributed by atoms with van der Waals surface area (Å²) in [4.78, 5) is 6.10. The molecule has 0 unspecified atom stereocenters. The van der Waals surface area contributed by atoms with E-state index >= 15 is 0 Å². The van der Waals surface area contributed by atoms with Crippen LogP contribution >= 0.6 is 0 Å². The van der Waals surface area contributed by atoms with Gasteiger partial charge in [0.15, 0.2) is 5.65 Å². The van der Waals surface area contributed by atoms with E-state index in [0.29, 0.717) is 25.5 Å². The van der Waals surface area contributed by atoms with Gasteiger partial charge in [0.05, 0.1) is 6.54 Å². The average molecular weight is 309 g/mol. The van der Waals surface area contributed by atoms with Crippen molar-refractivity contribution in [3.63, 3.8) is 0 Å². The number of hydrogen-bond acceptors (Lipinski definition) is 5. The zero-order chi connectivity index (χ0) is 15.3. The highest BCUT2D eigenvalue weighted by Gasteiger charge is 2.37. The van der Waals surface area contributed by atoms with E-state index < -0.39 is 12.0 Å². The van der Waals surface area contributed by atoms with E-state index in [1.54, 1.807) is 12.3 Å². The van der Waals surface area contributed by atoms with E-state index in [4.69, 9.17) is 0 Å². The van der Waals surface area contributed by atoms with Gasteiger partial charge in [0, 0.05) is 25.5 Å². The first kappa shape index (κ1) is 13.0. The third-order valence-electron chi connectivity index (χ3n) is 3.57. The number of aromatic nitrogens is 6. The number of alkyl halides is 3. The third kappa shape index (κ3) is 1.98. The van der Waals surface area contributed by atoms with E-state index in [1.807, 2.05) is 15.7 Å². The smallest absolute Gasteiger partial charge is 0.346 e. The number of hydrogen-bond donors (Lipinski definition) is 0. The lowest BCUT2D eigenvalue weighted by Crippen LogP contribution is -2.34. The Hall–Kier alpha value is -2.65. The standard InChI is InChI=1S/C12H10F3N7/c13-12(14,15)11-18-17-8-1-2-9(19-22(8)11)21-6-5-20-4-3-16-10(20)7-21/h1-4H,5-7H2. The molecule has 0 bridgehead atoms. The maximum atomic E-state index is 12.9. The Morgan fingerprint density at radius 1 is 1.09 bits per heavy atom. The SMILES string of the molecule is FC(F)(F)c1nnc2ccc(N3CCn4ccnc4C3)nn12. The van der Waals surface area contributed by atoms with Gasteiger partial charge in [-0.05, 0) is 12.1 Å². The minimum absolute atomic E-state index is 0.0644. The summed E-state index contributed by atoms with van der Waals surface area (Å²) in [5, 5.41) is 10.7. The van der Waals surface area contributed by atoms with Crippen molar-refractivity contribution in [1.82, 2.24) is 29.4 Å². The first-order valence-corrected chi connectivity index (χ1v) is 6.57. The van der Waals surface area contributed by atoms with Crippen LogP contribution in [0.3, 0.4) is 0 Å². The lowest BCUT2D eigenvalue weighted by molar-refractivity contribution is -0.146. The van der Waals surface area contributed by atoms with Gasteiger partial charge in [-0.15, -0.1) is 15.3 Å². The number of rotatable bonds is 1. The number of fused-ring (bicyclic) bond motifs is 2. The van der Waals surface area contributed by atoms with Crippen molar-refractivity contribution in [1.29, 1.82) is 0 Å². The molecule has 0 saturated carbocycles. The van der Waals surface area contributed by atoms with Crippen LogP contribution in [-0.2, 0) is 19.3 Å². The predicted molar refractivity (Wildman–Crippen MR) is 69.1 cm³/mol. The van der Waals surface area contributed by atoms with E-state index in [1.165, 1.54) is 6.07 Å².